The van der Waals surface area contributed by atoms with Crippen LogP contribution in [0, 0.1) is 10.1 Å². The van der Waals surface area contributed by atoms with E-state index in [1.165, 1.54) is 12.1 Å². The summed E-state index contributed by atoms with van der Waals surface area (Å²) in [4.78, 5) is 22.1. The van der Waals surface area contributed by atoms with Crippen LogP contribution >= 0.6 is 0 Å². The molecule has 21 heavy (non-hydrogen) atoms. The normalized spacial score (nSPS) is 10.5. The van der Waals surface area contributed by atoms with Gasteiger partial charge in [-0.3, -0.25) is 10.1 Å². The van der Waals surface area contributed by atoms with Gasteiger partial charge in [-0.2, -0.15) is 0 Å². The predicted molar refractivity (Wildman–Crippen MR) is 78.9 cm³/mol. The van der Waals surface area contributed by atoms with E-state index in [9.17, 15) is 14.9 Å². The fourth-order valence-electron chi connectivity index (χ4n) is 2.00. The lowest BCUT2D eigenvalue weighted by atomic mass is 10.2. The van der Waals surface area contributed by atoms with Crippen molar-refractivity contribution in [3.8, 4) is 0 Å². The largest absolute Gasteiger partial charge is 0.421 e. The molecule has 2 aromatic carbocycles. The number of nitrogens with one attached hydrogen (secondary N) is 1. The van der Waals surface area contributed by atoms with Gasteiger partial charge in [0.1, 0.15) is 11.3 Å². The van der Waals surface area contributed by atoms with Crippen molar-refractivity contribution in [1.29, 1.82) is 0 Å². The van der Waals surface area contributed by atoms with Gasteiger partial charge in [-0.1, -0.05) is 24.3 Å². The summed E-state index contributed by atoms with van der Waals surface area (Å²) in [5, 5.41) is 14.4. The highest BCUT2D eigenvalue weighted by molar-refractivity contribution is 5.80. The smallest absolute Gasteiger partial charge is 0.360 e. The molecule has 0 atom stereocenters. The Labute approximate surface area is 118 Å². The summed E-state index contributed by atoms with van der Waals surface area (Å²) in [6, 6.07) is 14.7. The molecule has 1 aromatic heterocycles. The van der Waals surface area contributed by atoms with Gasteiger partial charge >= 0.3 is 5.63 Å². The van der Waals surface area contributed by atoms with Crippen LogP contribution in [-0.4, -0.2) is 4.92 Å². The maximum Gasteiger partial charge on any atom is 0.360 e. The van der Waals surface area contributed by atoms with E-state index in [4.69, 9.17) is 4.42 Å². The number of nitro groups is 1. The van der Waals surface area contributed by atoms with Crippen molar-refractivity contribution < 1.29 is 9.34 Å². The lowest BCUT2D eigenvalue weighted by Crippen LogP contribution is -2.06. The highest BCUT2D eigenvalue weighted by Crippen LogP contribution is 2.22. The van der Waals surface area contributed by atoms with Gasteiger partial charge in [-0.15, -0.1) is 0 Å². The zero-order chi connectivity index (χ0) is 14.8. The number of nitro benzene ring substituents is 1. The van der Waals surface area contributed by atoms with Crippen molar-refractivity contribution in [2.75, 3.05) is 5.32 Å². The van der Waals surface area contributed by atoms with Gasteiger partial charge in [-0.25, -0.2) is 4.79 Å². The standard InChI is InChI=1S/C15H10N2O4/c18-15-13(8-10-4-1-2-7-14(10)21-15)16-11-5-3-6-12(9-11)17(19)20/h1-9,16H. The number of rotatable bonds is 3. The van der Waals surface area contributed by atoms with E-state index in [0.717, 1.165) is 5.39 Å². The van der Waals surface area contributed by atoms with E-state index in [0.29, 0.717) is 11.3 Å². The van der Waals surface area contributed by atoms with E-state index in [2.05, 4.69) is 5.32 Å². The van der Waals surface area contributed by atoms with Gasteiger partial charge in [-0.05, 0) is 18.2 Å². The first-order valence-electron chi connectivity index (χ1n) is 6.18. The summed E-state index contributed by atoms with van der Waals surface area (Å²) < 4.78 is 5.19. The highest BCUT2D eigenvalue weighted by atomic mass is 16.6. The molecule has 0 amide bonds. The van der Waals surface area contributed by atoms with Crippen molar-refractivity contribution >= 4 is 28.0 Å². The van der Waals surface area contributed by atoms with E-state index in [-0.39, 0.29) is 11.4 Å². The third-order valence-electron chi connectivity index (χ3n) is 2.98. The Bertz CT molecular complexity index is 886. The van der Waals surface area contributed by atoms with Crippen molar-refractivity contribution in [1.82, 2.24) is 0 Å². The van der Waals surface area contributed by atoms with Gasteiger partial charge < -0.3 is 9.73 Å². The topological polar surface area (TPSA) is 85.4 Å². The van der Waals surface area contributed by atoms with Crippen molar-refractivity contribution in [3.05, 3.63) is 75.1 Å². The molecule has 0 bridgehead atoms. The molecule has 6 nitrogen and oxygen atoms in total. The Hall–Kier alpha value is -3.15. The van der Waals surface area contributed by atoms with Gasteiger partial charge in [0.15, 0.2) is 0 Å². The van der Waals surface area contributed by atoms with Gasteiger partial charge in [0.05, 0.1) is 4.92 Å². The van der Waals surface area contributed by atoms with Crippen LogP contribution in [0.4, 0.5) is 17.1 Å². The number of fused-ring (bicyclic) bond motifs is 1. The Morgan fingerprint density at radius 1 is 1.05 bits per heavy atom. The number of anilines is 2. The second-order valence-corrected chi connectivity index (χ2v) is 4.42. The Kier molecular flexibility index (Phi) is 3.12. The SMILES string of the molecule is O=c1oc2ccccc2cc1Nc1cccc([N+](=O)[O-])c1. The molecule has 1 N–H and O–H groups in total. The molecule has 0 saturated carbocycles. The van der Waals surface area contributed by atoms with E-state index in [1.807, 2.05) is 12.1 Å². The number of nitrogens with zero attached hydrogens (tertiary/aromatic N) is 1. The van der Waals surface area contributed by atoms with Gasteiger partial charge in [0.25, 0.3) is 5.69 Å². The molecule has 0 fully saturated rings. The molecule has 104 valence electrons. The molecule has 0 unspecified atom stereocenters. The predicted octanol–water partition coefficient (Wildman–Crippen LogP) is 3.44. The average Bonchev–Trinajstić information content (AvgIpc) is 2.48. The molecule has 0 aliphatic rings. The highest BCUT2D eigenvalue weighted by Gasteiger charge is 2.08. The molecule has 0 aliphatic carbocycles. The summed E-state index contributed by atoms with van der Waals surface area (Å²) >= 11 is 0. The van der Waals surface area contributed by atoms with Crippen molar-refractivity contribution in [3.63, 3.8) is 0 Å². The second kappa shape index (κ2) is 5.09. The zero-order valence-electron chi connectivity index (χ0n) is 10.8. The maximum absolute atomic E-state index is 11.9. The van der Waals surface area contributed by atoms with Gasteiger partial charge in [0, 0.05) is 23.2 Å². The summed E-state index contributed by atoms with van der Waals surface area (Å²) in [5.41, 5.74) is 0.596. The third-order valence-corrected chi connectivity index (χ3v) is 2.98. The lowest BCUT2D eigenvalue weighted by Gasteiger charge is -2.05. The fourth-order valence-corrected chi connectivity index (χ4v) is 2.00. The summed E-state index contributed by atoms with van der Waals surface area (Å²) in [6.45, 7) is 0. The van der Waals surface area contributed by atoms with Crippen LogP contribution in [0.1, 0.15) is 0 Å². The summed E-state index contributed by atoms with van der Waals surface area (Å²) in [7, 11) is 0. The Balaban J connectivity index is 2.01. The molecule has 6 heteroatoms. The third kappa shape index (κ3) is 2.59. The minimum absolute atomic E-state index is 0.0508. The van der Waals surface area contributed by atoms with Crippen LogP contribution in [0.2, 0.25) is 0 Å². The number of hydrogen-bond donors (Lipinski definition) is 1. The molecule has 0 radical (unpaired) electrons. The first-order chi connectivity index (χ1) is 10.1. The van der Waals surface area contributed by atoms with Crippen LogP contribution in [-0.2, 0) is 0 Å². The molecule has 3 rings (SSSR count). The van der Waals surface area contributed by atoms with Gasteiger partial charge in [0.2, 0.25) is 0 Å². The number of non-ortho nitro benzene ring substituents is 1. The second-order valence-electron chi connectivity index (χ2n) is 4.42. The number of para-hydroxylation sites is 1. The summed E-state index contributed by atoms with van der Waals surface area (Å²) in [5.74, 6) is 0. The quantitative estimate of drug-likeness (QED) is 0.452. The van der Waals surface area contributed by atoms with Crippen LogP contribution in [0.15, 0.2) is 63.8 Å². The average molecular weight is 282 g/mol. The number of hydrogen-bond acceptors (Lipinski definition) is 5. The molecular weight excluding hydrogens is 272 g/mol. The first kappa shape index (κ1) is 12.9. The van der Waals surface area contributed by atoms with E-state index < -0.39 is 10.5 Å². The molecule has 3 aromatic rings. The Morgan fingerprint density at radius 3 is 2.67 bits per heavy atom. The van der Waals surface area contributed by atoms with Crippen LogP contribution in [0.3, 0.4) is 0 Å². The van der Waals surface area contributed by atoms with Crippen LogP contribution in [0.25, 0.3) is 11.0 Å². The minimum Gasteiger partial charge on any atom is -0.421 e. The van der Waals surface area contributed by atoms with E-state index in [1.54, 1.807) is 30.3 Å². The van der Waals surface area contributed by atoms with Crippen LogP contribution in [0.5, 0.6) is 0 Å². The molecule has 0 saturated heterocycles. The van der Waals surface area contributed by atoms with E-state index >= 15 is 0 Å². The molecule has 1 heterocycles. The maximum atomic E-state index is 11.9. The van der Waals surface area contributed by atoms with Crippen molar-refractivity contribution in [2.24, 2.45) is 0 Å². The molecular formula is C15H10N2O4. The first-order valence-corrected chi connectivity index (χ1v) is 6.18. The monoisotopic (exact) mass is 282 g/mol. The molecule has 0 aliphatic heterocycles. The van der Waals surface area contributed by atoms with Crippen molar-refractivity contribution in [2.45, 2.75) is 0 Å². The zero-order valence-corrected chi connectivity index (χ0v) is 10.8. The Morgan fingerprint density at radius 2 is 1.86 bits per heavy atom. The summed E-state index contributed by atoms with van der Waals surface area (Å²) in [6.07, 6.45) is 0. The van der Waals surface area contributed by atoms with Crippen LogP contribution < -0.4 is 10.9 Å². The number of benzene rings is 2. The molecule has 0 spiro atoms. The minimum atomic E-state index is -0.528. The lowest BCUT2D eigenvalue weighted by molar-refractivity contribution is -0.384. The fraction of sp³-hybridized carbons (Fsp3) is 0.